The predicted octanol–water partition coefficient (Wildman–Crippen LogP) is 3.25. The molecule has 1 N–H and O–H groups in total. The molecule has 1 aliphatic heterocycles. The zero-order valence-electron chi connectivity index (χ0n) is 13.7. The first-order chi connectivity index (χ1) is 11.1. The van der Waals surface area contributed by atoms with Crippen LogP contribution >= 0.6 is 0 Å². The smallest absolute Gasteiger partial charge is 0.415 e. The molecule has 6 nitrogen and oxygen atoms in total. The lowest BCUT2D eigenvalue weighted by atomic mass is 10.1. The van der Waals surface area contributed by atoms with E-state index in [9.17, 15) is 14.4 Å². The number of unbranched alkanes of at least 4 members (excludes halogenated alkanes) is 6. The molecule has 1 aliphatic rings. The molecule has 0 bridgehead atoms. The molecular formula is C17H27NO5. The highest BCUT2D eigenvalue weighted by Crippen LogP contribution is 2.10. The fraction of sp³-hybridized carbons (Fsp3) is 0.706. The Morgan fingerprint density at radius 1 is 1.13 bits per heavy atom. The van der Waals surface area contributed by atoms with E-state index in [4.69, 9.17) is 4.74 Å². The quantitative estimate of drug-likeness (QED) is 0.243. The maximum absolute atomic E-state index is 11.5. The molecular weight excluding hydrogens is 298 g/mol. The Labute approximate surface area is 137 Å². The molecule has 1 amide bonds. The number of alkyl carbamates (subject to hydrolysis) is 1. The van der Waals surface area contributed by atoms with Crippen LogP contribution in [0.5, 0.6) is 0 Å². The van der Waals surface area contributed by atoms with Crippen molar-refractivity contribution in [3.63, 3.8) is 0 Å². The van der Waals surface area contributed by atoms with Crippen molar-refractivity contribution in [1.82, 2.24) is 5.32 Å². The van der Waals surface area contributed by atoms with Gasteiger partial charge >= 0.3 is 18.0 Å². The third kappa shape index (κ3) is 9.01. The Morgan fingerprint density at radius 2 is 1.83 bits per heavy atom. The molecule has 0 radical (unpaired) electrons. The molecule has 0 aromatic heterocycles. The number of rotatable bonds is 13. The van der Waals surface area contributed by atoms with E-state index in [1.165, 1.54) is 19.3 Å². The van der Waals surface area contributed by atoms with Gasteiger partial charge in [0.25, 0.3) is 0 Å². The van der Waals surface area contributed by atoms with Gasteiger partial charge in [0.15, 0.2) is 0 Å². The summed E-state index contributed by atoms with van der Waals surface area (Å²) in [5.74, 6) is -0.829. The standard InChI is InChI=1S/C17H27NO5/c1-2-3-4-5-6-7-8-9-13-22-15(19)12-10-11-14-16(20)23-17(21)18-14/h2,14H,1,3-13H2,(H,18,21)/t14-/m0/s1. The lowest BCUT2D eigenvalue weighted by molar-refractivity contribution is -0.144. The van der Waals surface area contributed by atoms with Gasteiger partial charge in [0, 0.05) is 6.42 Å². The minimum atomic E-state index is -0.716. The van der Waals surface area contributed by atoms with Gasteiger partial charge in [-0.15, -0.1) is 6.58 Å². The highest BCUT2D eigenvalue weighted by molar-refractivity contribution is 5.95. The fourth-order valence-electron chi connectivity index (χ4n) is 2.39. The van der Waals surface area contributed by atoms with Crippen LogP contribution in [0.25, 0.3) is 0 Å². The zero-order chi connectivity index (χ0) is 16.9. The van der Waals surface area contributed by atoms with Crippen molar-refractivity contribution in [2.45, 2.75) is 70.3 Å². The monoisotopic (exact) mass is 325 g/mol. The number of allylic oxidation sites excluding steroid dienone is 1. The first kappa shape index (κ1) is 19.2. The minimum absolute atomic E-state index is 0.251. The Balaban J connectivity index is 1.89. The molecule has 0 aliphatic carbocycles. The second-order valence-electron chi connectivity index (χ2n) is 5.72. The summed E-state index contributed by atoms with van der Waals surface area (Å²) in [5, 5.41) is 2.39. The largest absolute Gasteiger partial charge is 0.466 e. The molecule has 0 unspecified atom stereocenters. The summed E-state index contributed by atoms with van der Waals surface area (Å²) in [7, 11) is 0. The van der Waals surface area contributed by atoms with E-state index in [1.807, 2.05) is 6.08 Å². The van der Waals surface area contributed by atoms with E-state index in [0.29, 0.717) is 19.4 Å². The third-order valence-corrected chi connectivity index (χ3v) is 3.71. The molecule has 0 spiro atoms. The van der Waals surface area contributed by atoms with Crippen molar-refractivity contribution in [2.75, 3.05) is 6.61 Å². The van der Waals surface area contributed by atoms with Gasteiger partial charge in [-0.05, 0) is 32.1 Å². The number of hydrogen-bond acceptors (Lipinski definition) is 5. The summed E-state index contributed by atoms with van der Waals surface area (Å²) in [6, 6.07) is -0.628. The van der Waals surface area contributed by atoms with E-state index in [-0.39, 0.29) is 12.4 Å². The van der Waals surface area contributed by atoms with E-state index < -0.39 is 18.1 Å². The van der Waals surface area contributed by atoms with Gasteiger partial charge in [0.2, 0.25) is 0 Å². The Hall–Kier alpha value is -1.85. The van der Waals surface area contributed by atoms with Gasteiger partial charge in [-0.3, -0.25) is 4.79 Å². The summed E-state index contributed by atoms with van der Waals surface area (Å²) in [6.07, 6.45) is 10.2. The fourth-order valence-corrected chi connectivity index (χ4v) is 2.39. The van der Waals surface area contributed by atoms with E-state index in [2.05, 4.69) is 16.6 Å². The number of amides is 1. The summed E-state index contributed by atoms with van der Waals surface area (Å²) in [6.45, 7) is 4.15. The summed E-state index contributed by atoms with van der Waals surface area (Å²) in [5.41, 5.74) is 0. The Bertz CT molecular complexity index is 408. The van der Waals surface area contributed by atoms with Crippen molar-refractivity contribution in [3.8, 4) is 0 Å². The zero-order valence-corrected chi connectivity index (χ0v) is 13.7. The molecule has 0 aromatic rings. The van der Waals surface area contributed by atoms with Crippen LogP contribution in [0.2, 0.25) is 0 Å². The summed E-state index contributed by atoms with van der Waals surface area (Å²) >= 11 is 0. The van der Waals surface area contributed by atoms with Crippen LogP contribution in [0.1, 0.15) is 64.2 Å². The second-order valence-corrected chi connectivity index (χ2v) is 5.72. The van der Waals surface area contributed by atoms with Crippen LogP contribution in [0.4, 0.5) is 4.79 Å². The number of cyclic esters (lactones) is 2. The molecule has 1 rings (SSSR count). The van der Waals surface area contributed by atoms with Crippen LogP contribution < -0.4 is 5.32 Å². The average Bonchev–Trinajstić information content (AvgIpc) is 2.83. The Morgan fingerprint density at radius 3 is 2.48 bits per heavy atom. The number of carbonyl (C=O) groups is 3. The van der Waals surface area contributed by atoms with Crippen LogP contribution in [0.15, 0.2) is 12.7 Å². The first-order valence-corrected chi connectivity index (χ1v) is 8.42. The maximum Gasteiger partial charge on any atom is 0.415 e. The minimum Gasteiger partial charge on any atom is -0.466 e. The van der Waals surface area contributed by atoms with Crippen LogP contribution in [-0.4, -0.2) is 30.7 Å². The van der Waals surface area contributed by atoms with Gasteiger partial charge in [0.05, 0.1) is 6.61 Å². The van der Waals surface area contributed by atoms with Crippen molar-refractivity contribution < 1.29 is 23.9 Å². The Kier molecular flexibility index (Phi) is 9.75. The normalized spacial score (nSPS) is 16.8. The van der Waals surface area contributed by atoms with Crippen LogP contribution in [-0.2, 0) is 19.1 Å². The molecule has 1 saturated heterocycles. The topological polar surface area (TPSA) is 81.7 Å². The molecule has 130 valence electrons. The van der Waals surface area contributed by atoms with Gasteiger partial charge < -0.3 is 14.8 Å². The summed E-state index contributed by atoms with van der Waals surface area (Å²) in [4.78, 5) is 33.5. The molecule has 0 saturated carbocycles. The van der Waals surface area contributed by atoms with Gasteiger partial charge in [0.1, 0.15) is 6.04 Å². The third-order valence-electron chi connectivity index (χ3n) is 3.71. The van der Waals surface area contributed by atoms with E-state index in [0.717, 1.165) is 25.7 Å². The number of hydrogen-bond donors (Lipinski definition) is 1. The number of nitrogens with one attached hydrogen (secondary N) is 1. The van der Waals surface area contributed by atoms with Gasteiger partial charge in [-0.1, -0.05) is 31.8 Å². The van der Waals surface area contributed by atoms with Crippen molar-refractivity contribution >= 4 is 18.0 Å². The van der Waals surface area contributed by atoms with Crippen molar-refractivity contribution in [2.24, 2.45) is 0 Å². The lowest BCUT2D eigenvalue weighted by Gasteiger charge is -2.06. The number of esters is 2. The highest BCUT2D eigenvalue weighted by Gasteiger charge is 2.31. The first-order valence-electron chi connectivity index (χ1n) is 8.42. The van der Waals surface area contributed by atoms with Crippen molar-refractivity contribution in [1.29, 1.82) is 0 Å². The second kappa shape index (κ2) is 11.7. The van der Waals surface area contributed by atoms with Crippen LogP contribution in [0.3, 0.4) is 0 Å². The molecule has 1 fully saturated rings. The SMILES string of the molecule is C=CCCCCCCCCOC(=O)CCC[C@@H]1NC(=O)OC1=O. The molecule has 0 aromatic carbocycles. The molecule has 1 heterocycles. The van der Waals surface area contributed by atoms with E-state index in [1.54, 1.807) is 0 Å². The van der Waals surface area contributed by atoms with Crippen molar-refractivity contribution in [3.05, 3.63) is 12.7 Å². The molecule has 1 atom stereocenters. The highest BCUT2D eigenvalue weighted by atomic mass is 16.6. The van der Waals surface area contributed by atoms with Gasteiger partial charge in [-0.2, -0.15) is 0 Å². The number of carbonyl (C=O) groups excluding carboxylic acids is 3. The molecule has 23 heavy (non-hydrogen) atoms. The molecule has 6 heteroatoms. The summed E-state index contributed by atoms with van der Waals surface area (Å²) < 4.78 is 9.50. The van der Waals surface area contributed by atoms with E-state index >= 15 is 0 Å². The van der Waals surface area contributed by atoms with Gasteiger partial charge in [-0.25, -0.2) is 9.59 Å². The van der Waals surface area contributed by atoms with Crippen LogP contribution in [0, 0.1) is 0 Å². The average molecular weight is 325 g/mol. The lowest BCUT2D eigenvalue weighted by Crippen LogP contribution is -2.28. The predicted molar refractivity (Wildman–Crippen MR) is 85.7 cm³/mol. The number of ether oxygens (including phenoxy) is 2. The maximum atomic E-state index is 11.5.